The van der Waals surface area contributed by atoms with Crippen LogP contribution >= 0.6 is 0 Å². The first-order valence-corrected chi connectivity index (χ1v) is 10.1. The van der Waals surface area contributed by atoms with Crippen molar-refractivity contribution in [3.8, 4) is 23.6 Å². The molecular weight excluding hydrogens is 372 g/mol. The monoisotopic (exact) mass is 396 g/mol. The summed E-state index contributed by atoms with van der Waals surface area (Å²) in [6, 6.07) is 28.0. The van der Waals surface area contributed by atoms with Crippen molar-refractivity contribution >= 4 is 0 Å². The van der Waals surface area contributed by atoms with Crippen molar-refractivity contribution in [2.45, 2.75) is 25.7 Å². The standard InChI is InChI=1S/C26H24N2O2/c27-19-23-24(20-28)26(30-18-8-14-22-11-5-2-6-12-22)16-15-25(23)29-17-7-13-21-9-3-1-4-10-21/h1-6,9-12,15-16H,7-8,13-14,17-18H2. The van der Waals surface area contributed by atoms with E-state index in [1.165, 1.54) is 11.1 Å². The lowest BCUT2D eigenvalue weighted by molar-refractivity contribution is 0.301. The molecule has 0 aliphatic rings. The summed E-state index contributed by atoms with van der Waals surface area (Å²) in [5.41, 5.74) is 2.97. The van der Waals surface area contributed by atoms with Gasteiger partial charge < -0.3 is 9.47 Å². The predicted molar refractivity (Wildman–Crippen MR) is 116 cm³/mol. The van der Waals surface area contributed by atoms with Crippen molar-refractivity contribution in [1.82, 2.24) is 0 Å². The van der Waals surface area contributed by atoms with Crippen molar-refractivity contribution in [3.63, 3.8) is 0 Å². The molecule has 3 aromatic carbocycles. The molecule has 3 aromatic rings. The number of rotatable bonds is 10. The SMILES string of the molecule is N#Cc1c(OCCCc2ccccc2)ccc(OCCCc2ccccc2)c1C#N. The molecule has 0 saturated heterocycles. The van der Waals surface area contributed by atoms with Crippen LogP contribution in [0, 0.1) is 22.7 Å². The molecule has 0 bridgehead atoms. The summed E-state index contributed by atoms with van der Waals surface area (Å²) in [4.78, 5) is 0. The molecule has 0 radical (unpaired) electrons. The van der Waals surface area contributed by atoms with Crippen molar-refractivity contribution in [2.75, 3.05) is 13.2 Å². The van der Waals surface area contributed by atoms with Gasteiger partial charge in [0.15, 0.2) is 0 Å². The lowest BCUT2D eigenvalue weighted by Crippen LogP contribution is -2.05. The summed E-state index contributed by atoms with van der Waals surface area (Å²) >= 11 is 0. The topological polar surface area (TPSA) is 66.0 Å². The highest BCUT2D eigenvalue weighted by Gasteiger charge is 2.15. The van der Waals surface area contributed by atoms with Crippen LogP contribution < -0.4 is 9.47 Å². The zero-order valence-electron chi connectivity index (χ0n) is 16.9. The van der Waals surface area contributed by atoms with E-state index in [-0.39, 0.29) is 11.1 Å². The van der Waals surface area contributed by atoms with Crippen molar-refractivity contribution in [2.24, 2.45) is 0 Å². The molecule has 0 heterocycles. The maximum Gasteiger partial charge on any atom is 0.138 e. The Labute approximate surface area is 177 Å². The molecule has 0 aliphatic heterocycles. The summed E-state index contributed by atoms with van der Waals surface area (Å²) in [5.74, 6) is 0.859. The van der Waals surface area contributed by atoms with E-state index in [2.05, 4.69) is 36.4 Å². The Morgan fingerprint density at radius 1 is 0.567 bits per heavy atom. The molecule has 0 aromatic heterocycles. The Kier molecular flexibility index (Phi) is 7.89. The second kappa shape index (κ2) is 11.3. The highest BCUT2D eigenvalue weighted by atomic mass is 16.5. The van der Waals surface area contributed by atoms with Crippen molar-refractivity contribution < 1.29 is 9.47 Å². The number of ether oxygens (including phenoxy) is 2. The summed E-state index contributed by atoms with van der Waals surface area (Å²) in [6.07, 6.45) is 3.45. The lowest BCUT2D eigenvalue weighted by Gasteiger charge is -2.13. The van der Waals surface area contributed by atoms with Crippen LogP contribution in [0.5, 0.6) is 11.5 Å². The van der Waals surface area contributed by atoms with Crippen LogP contribution in [0.25, 0.3) is 0 Å². The maximum atomic E-state index is 9.57. The molecule has 0 saturated carbocycles. The molecule has 4 heteroatoms. The first-order valence-electron chi connectivity index (χ1n) is 10.1. The van der Waals surface area contributed by atoms with Gasteiger partial charge in [0.05, 0.1) is 13.2 Å². The smallest absolute Gasteiger partial charge is 0.138 e. The van der Waals surface area contributed by atoms with Crippen LogP contribution in [0.15, 0.2) is 72.8 Å². The average molecular weight is 396 g/mol. The molecule has 0 atom stereocenters. The second-order valence-electron chi connectivity index (χ2n) is 6.91. The van der Waals surface area contributed by atoms with Gasteiger partial charge in [-0.05, 0) is 48.9 Å². The molecule has 0 spiro atoms. The number of aryl methyl sites for hydroxylation is 2. The zero-order valence-corrected chi connectivity index (χ0v) is 16.9. The molecule has 3 rings (SSSR count). The molecule has 0 N–H and O–H groups in total. The third-order valence-corrected chi connectivity index (χ3v) is 4.77. The van der Waals surface area contributed by atoms with Crippen LogP contribution in [-0.2, 0) is 12.8 Å². The highest BCUT2D eigenvalue weighted by Crippen LogP contribution is 2.30. The van der Waals surface area contributed by atoms with E-state index < -0.39 is 0 Å². The fourth-order valence-electron chi connectivity index (χ4n) is 3.23. The summed E-state index contributed by atoms with van der Waals surface area (Å²) in [6.45, 7) is 0.956. The van der Waals surface area contributed by atoms with Gasteiger partial charge in [0.1, 0.15) is 34.8 Å². The van der Waals surface area contributed by atoms with E-state index in [9.17, 15) is 10.5 Å². The Balaban J connectivity index is 1.55. The van der Waals surface area contributed by atoms with E-state index in [4.69, 9.17) is 9.47 Å². The van der Waals surface area contributed by atoms with Crippen LogP contribution in [0.1, 0.15) is 35.1 Å². The number of benzene rings is 3. The molecular formula is C26H24N2O2. The molecule has 30 heavy (non-hydrogen) atoms. The Hall–Kier alpha value is -3.76. The average Bonchev–Trinajstić information content (AvgIpc) is 2.80. The quantitative estimate of drug-likeness (QED) is 0.427. The molecule has 0 aliphatic carbocycles. The molecule has 0 amide bonds. The third-order valence-electron chi connectivity index (χ3n) is 4.77. The lowest BCUT2D eigenvalue weighted by atomic mass is 10.1. The van der Waals surface area contributed by atoms with Gasteiger partial charge in [-0.3, -0.25) is 0 Å². The first kappa shape index (κ1) is 21.0. The minimum atomic E-state index is 0.234. The number of hydrogen-bond donors (Lipinski definition) is 0. The normalized spacial score (nSPS) is 10.1. The van der Waals surface area contributed by atoms with Gasteiger partial charge in [0, 0.05) is 0 Å². The Morgan fingerprint density at radius 3 is 1.33 bits per heavy atom. The highest BCUT2D eigenvalue weighted by molar-refractivity contribution is 5.60. The molecule has 0 unspecified atom stereocenters. The first-order chi connectivity index (χ1) is 14.8. The summed E-state index contributed by atoms with van der Waals surface area (Å²) in [7, 11) is 0. The number of hydrogen-bond acceptors (Lipinski definition) is 4. The predicted octanol–water partition coefficient (Wildman–Crippen LogP) is 5.45. The fourth-order valence-corrected chi connectivity index (χ4v) is 3.23. The number of nitriles is 2. The molecule has 0 fully saturated rings. The van der Waals surface area contributed by atoms with Crippen LogP contribution in [-0.4, -0.2) is 13.2 Å². The zero-order chi connectivity index (χ0) is 21.0. The van der Waals surface area contributed by atoms with Gasteiger partial charge in [-0.1, -0.05) is 60.7 Å². The van der Waals surface area contributed by atoms with Gasteiger partial charge in [0.2, 0.25) is 0 Å². The Morgan fingerprint density at radius 2 is 0.967 bits per heavy atom. The maximum absolute atomic E-state index is 9.57. The minimum absolute atomic E-state index is 0.234. The van der Waals surface area contributed by atoms with Gasteiger partial charge in [-0.15, -0.1) is 0 Å². The van der Waals surface area contributed by atoms with Gasteiger partial charge >= 0.3 is 0 Å². The van der Waals surface area contributed by atoms with Crippen molar-refractivity contribution in [1.29, 1.82) is 10.5 Å². The van der Waals surface area contributed by atoms with Crippen LogP contribution in [0.3, 0.4) is 0 Å². The van der Waals surface area contributed by atoms with Gasteiger partial charge in [-0.2, -0.15) is 10.5 Å². The van der Waals surface area contributed by atoms with Crippen LogP contribution in [0.4, 0.5) is 0 Å². The molecule has 4 nitrogen and oxygen atoms in total. The summed E-state index contributed by atoms with van der Waals surface area (Å²) < 4.78 is 11.6. The van der Waals surface area contributed by atoms with Crippen LogP contribution in [0.2, 0.25) is 0 Å². The van der Waals surface area contributed by atoms with E-state index >= 15 is 0 Å². The third kappa shape index (κ3) is 5.87. The van der Waals surface area contributed by atoms with E-state index in [0.29, 0.717) is 24.7 Å². The Bertz CT molecular complexity index is 934. The molecule has 150 valence electrons. The van der Waals surface area contributed by atoms with Crippen molar-refractivity contribution in [3.05, 3.63) is 95.1 Å². The van der Waals surface area contributed by atoms with E-state index in [0.717, 1.165) is 25.7 Å². The van der Waals surface area contributed by atoms with E-state index in [1.807, 2.05) is 36.4 Å². The van der Waals surface area contributed by atoms with Gasteiger partial charge in [0.25, 0.3) is 0 Å². The minimum Gasteiger partial charge on any atom is -0.492 e. The second-order valence-corrected chi connectivity index (χ2v) is 6.91. The van der Waals surface area contributed by atoms with Gasteiger partial charge in [-0.25, -0.2) is 0 Å². The fraction of sp³-hybridized carbons (Fsp3) is 0.231. The van der Waals surface area contributed by atoms with E-state index in [1.54, 1.807) is 12.1 Å². The summed E-state index contributed by atoms with van der Waals surface area (Å²) in [5, 5.41) is 19.1. The number of nitrogens with zero attached hydrogens (tertiary/aromatic N) is 2. The largest absolute Gasteiger partial charge is 0.492 e.